The number of hydrogen-bond acceptors (Lipinski definition) is 7. The molecule has 1 aliphatic heterocycles. The Bertz CT molecular complexity index is 756. The molecule has 1 saturated heterocycles. The molecule has 1 aromatic heterocycles. The highest BCUT2D eigenvalue weighted by Crippen LogP contribution is 2.27. The van der Waals surface area contributed by atoms with Gasteiger partial charge in [-0.15, -0.1) is 0 Å². The second-order valence-corrected chi connectivity index (χ2v) is 6.92. The molecule has 0 radical (unpaired) electrons. The lowest BCUT2D eigenvalue weighted by atomic mass is 10.1. The lowest BCUT2D eigenvalue weighted by molar-refractivity contribution is -0.129. The molecule has 0 spiro atoms. The summed E-state index contributed by atoms with van der Waals surface area (Å²) in [5, 5.41) is 10.5. The molecule has 1 fully saturated rings. The Morgan fingerprint density at radius 1 is 1.31 bits per heavy atom. The zero-order valence-electron chi connectivity index (χ0n) is 16.4. The molecule has 11 heteroatoms. The lowest BCUT2D eigenvalue weighted by Crippen LogP contribution is -2.29. The fraction of sp³-hybridized carbons (Fsp3) is 0.667. The van der Waals surface area contributed by atoms with Crippen LogP contribution in [0.25, 0.3) is 0 Å². The van der Waals surface area contributed by atoms with E-state index in [1.807, 2.05) is 6.92 Å². The third kappa shape index (κ3) is 7.42. The van der Waals surface area contributed by atoms with Crippen LogP contribution in [-0.2, 0) is 14.3 Å². The number of anilines is 1. The number of ether oxygens (including phenoxy) is 2. The predicted octanol–water partition coefficient (Wildman–Crippen LogP) is 2.47. The van der Waals surface area contributed by atoms with Crippen molar-refractivity contribution < 1.29 is 28.7 Å². The van der Waals surface area contributed by atoms with Gasteiger partial charge >= 0.3 is 11.8 Å². The number of hydrogen-bond donors (Lipinski definition) is 3. The number of nitrogens with zero attached hydrogens (tertiary/aromatic N) is 2. The summed E-state index contributed by atoms with van der Waals surface area (Å²) in [4.78, 5) is 38.3. The van der Waals surface area contributed by atoms with Gasteiger partial charge in [0, 0.05) is 6.42 Å². The Labute approximate surface area is 167 Å². The first kappa shape index (κ1) is 22.8. The van der Waals surface area contributed by atoms with E-state index in [0.717, 1.165) is 36.4 Å². The molecular formula is C18H27FN4O6. The monoisotopic (exact) mass is 414 g/mol. The summed E-state index contributed by atoms with van der Waals surface area (Å²) in [5.74, 6) is -1.75. The van der Waals surface area contributed by atoms with Crippen LogP contribution < -0.4 is 16.5 Å². The maximum absolute atomic E-state index is 14.2. The third-order valence-corrected chi connectivity index (χ3v) is 4.55. The van der Waals surface area contributed by atoms with Crippen LogP contribution in [0.15, 0.2) is 11.0 Å². The molecule has 2 rings (SSSR count). The highest BCUT2D eigenvalue weighted by Gasteiger charge is 2.25. The summed E-state index contributed by atoms with van der Waals surface area (Å²) >= 11 is 0. The van der Waals surface area contributed by atoms with Gasteiger partial charge in [0.1, 0.15) is 6.23 Å². The maximum Gasteiger partial charge on any atom is 0.412 e. The van der Waals surface area contributed by atoms with E-state index in [9.17, 15) is 18.8 Å². The molecular weight excluding hydrogens is 387 g/mol. The average molecular weight is 414 g/mol. The highest BCUT2D eigenvalue weighted by molar-refractivity contribution is 5.83. The minimum atomic E-state index is -0.890. The molecule has 1 aromatic rings. The van der Waals surface area contributed by atoms with Gasteiger partial charge in [-0.3, -0.25) is 19.9 Å². The van der Waals surface area contributed by atoms with Gasteiger partial charge in [0.05, 0.1) is 18.9 Å². The summed E-state index contributed by atoms with van der Waals surface area (Å²) in [5.41, 5.74) is 0.860. The number of amides is 2. The second kappa shape index (κ2) is 11.5. The smallest absolute Gasteiger partial charge is 0.412 e. The van der Waals surface area contributed by atoms with E-state index in [-0.39, 0.29) is 19.1 Å². The molecule has 2 heterocycles. The van der Waals surface area contributed by atoms with Gasteiger partial charge in [0.25, 0.3) is 0 Å². The van der Waals surface area contributed by atoms with Crippen molar-refractivity contribution in [3.8, 4) is 0 Å². The van der Waals surface area contributed by atoms with Gasteiger partial charge in [0.15, 0.2) is 11.6 Å². The number of unbranched alkanes of at least 4 members (excludes halogenated alkanes) is 4. The van der Waals surface area contributed by atoms with Crippen LogP contribution in [0.3, 0.4) is 0 Å². The summed E-state index contributed by atoms with van der Waals surface area (Å²) in [6, 6.07) is 0. The lowest BCUT2D eigenvalue weighted by Gasteiger charge is -2.15. The SMILES string of the molecule is C[C@@H]1CC[C@H](n2cc(F)c(NC(=O)OCCCCCCCC(=O)NO)nc2=O)O1. The maximum atomic E-state index is 14.2. The predicted molar refractivity (Wildman–Crippen MR) is 99.9 cm³/mol. The van der Waals surface area contributed by atoms with Gasteiger partial charge in [-0.05, 0) is 32.6 Å². The van der Waals surface area contributed by atoms with Gasteiger partial charge in [0.2, 0.25) is 5.91 Å². The number of nitrogens with one attached hydrogen (secondary N) is 2. The van der Waals surface area contributed by atoms with E-state index in [1.54, 1.807) is 5.48 Å². The minimum Gasteiger partial charge on any atom is -0.449 e. The van der Waals surface area contributed by atoms with Gasteiger partial charge in [-0.1, -0.05) is 19.3 Å². The number of halogens is 1. The van der Waals surface area contributed by atoms with Crippen molar-refractivity contribution in [2.24, 2.45) is 0 Å². The molecule has 0 unspecified atom stereocenters. The number of hydroxylamine groups is 1. The second-order valence-electron chi connectivity index (χ2n) is 6.92. The largest absolute Gasteiger partial charge is 0.449 e. The zero-order chi connectivity index (χ0) is 21.2. The Balaban J connectivity index is 1.69. The van der Waals surface area contributed by atoms with E-state index >= 15 is 0 Å². The van der Waals surface area contributed by atoms with Crippen LogP contribution in [0.2, 0.25) is 0 Å². The zero-order valence-corrected chi connectivity index (χ0v) is 16.4. The van der Waals surface area contributed by atoms with E-state index in [1.165, 1.54) is 0 Å². The summed E-state index contributed by atoms with van der Waals surface area (Å²) in [6.07, 6.45) is 4.85. The molecule has 0 aromatic carbocycles. The molecule has 3 N–H and O–H groups in total. The Hall–Kier alpha value is -2.53. The van der Waals surface area contributed by atoms with Gasteiger partial charge in [-0.25, -0.2) is 19.5 Å². The molecule has 162 valence electrons. The summed E-state index contributed by atoms with van der Waals surface area (Å²) in [7, 11) is 0. The van der Waals surface area contributed by atoms with Crippen molar-refractivity contribution in [3.05, 3.63) is 22.5 Å². The normalized spacial score (nSPS) is 18.4. The van der Waals surface area contributed by atoms with Crippen molar-refractivity contribution in [1.29, 1.82) is 0 Å². The van der Waals surface area contributed by atoms with Crippen molar-refractivity contribution in [2.75, 3.05) is 11.9 Å². The van der Waals surface area contributed by atoms with Crippen molar-refractivity contribution in [1.82, 2.24) is 15.0 Å². The summed E-state index contributed by atoms with van der Waals surface area (Å²) in [6.45, 7) is 2.01. The van der Waals surface area contributed by atoms with E-state index in [0.29, 0.717) is 19.3 Å². The number of rotatable bonds is 10. The number of carbonyl (C=O) groups excluding carboxylic acids is 2. The van der Waals surface area contributed by atoms with Gasteiger partial charge < -0.3 is 9.47 Å². The van der Waals surface area contributed by atoms with Crippen LogP contribution >= 0.6 is 0 Å². The van der Waals surface area contributed by atoms with Crippen LogP contribution in [0.1, 0.15) is 64.5 Å². The fourth-order valence-electron chi connectivity index (χ4n) is 3.00. The van der Waals surface area contributed by atoms with E-state index in [4.69, 9.17) is 14.7 Å². The Morgan fingerprint density at radius 3 is 2.72 bits per heavy atom. The van der Waals surface area contributed by atoms with Crippen LogP contribution in [0, 0.1) is 5.82 Å². The van der Waals surface area contributed by atoms with Crippen LogP contribution in [-0.4, -0.2) is 39.5 Å². The standard InChI is InChI=1S/C18H27FN4O6/c1-12-8-9-15(29-12)23-11-13(19)16(20-17(23)25)21-18(26)28-10-6-4-2-3-5-7-14(24)22-27/h11-12,15,27H,2-10H2,1H3,(H,22,24)(H,20,21,25,26)/t12-,15-/m1/s1. The van der Waals surface area contributed by atoms with Crippen molar-refractivity contribution in [2.45, 2.75) is 70.6 Å². The first-order chi connectivity index (χ1) is 13.9. The molecule has 2 atom stereocenters. The van der Waals surface area contributed by atoms with E-state index < -0.39 is 35.6 Å². The molecule has 10 nitrogen and oxygen atoms in total. The van der Waals surface area contributed by atoms with Crippen LogP contribution in [0.5, 0.6) is 0 Å². The topological polar surface area (TPSA) is 132 Å². The van der Waals surface area contributed by atoms with Crippen molar-refractivity contribution in [3.63, 3.8) is 0 Å². The number of carbonyl (C=O) groups is 2. The molecule has 0 aliphatic carbocycles. The quantitative estimate of drug-likeness (QED) is 0.304. The summed E-state index contributed by atoms with van der Waals surface area (Å²) < 4.78 is 25.8. The highest BCUT2D eigenvalue weighted by atomic mass is 19.1. The van der Waals surface area contributed by atoms with Crippen molar-refractivity contribution >= 4 is 17.8 Å². The molecule has 1 aliphatic rings. The Morgan fingerprint density at radius 2 is 2.03 bits per heavy atom. The van der Waals surface area contributed by atoms with Crippen LogP contribution in [0.4, 0.5) is 15.0 Å². The fourth-order valence-corrected chi connectivity index (χ4v) is 3.00. The third-order valence-electron chi connectivity index (χ3n) is 4.55. The molecule has 0 saturated carbocycles. The first-order valence-corrected chi connectivity index (χ1v) is 9.71. The minimum absolute atomic E-state index is 0.0113. The molecule has 0 bridgehead atoms. The number of aromatic nitrogens is 2. The molecule has 29 heavy (non-hydrogen) atoms. The first-order valence-electron chi connectivity index (χ1n) is 9.71. The van der Waals surface area contributed by atoms with E-state index in [2.05, 4.69) is 10.3 Å². The van der Waals surface area contributed by atoms with Gasteiger partial charge in [-0.2, -0.15) is 4.98 Å². The average Bonchev–Trinajstić information content (AvgIpc) is 3.12. The molecule has 2 amide bonds. The Kier molecular flexibility index (Phi) is 9.00.